The van der Waals surface area contributed by atoms with E-state index in [0.29, 0.717) is 13.2 Å². The Kier molecular flexibility index (Phi) is 6.10. The van der Waals surface area contributed by atoms with Crippen LogP contribution in [0.2, 0.25) is 0 Å². The number of nitro groups is 1. The monoisotopic (exact) mass is 287 g/mol. The zero-order chi connectivity index (χ0) is 14.3. The van der Waals surface area contributed by atoms with Crippen LogP contribution in [-0.2, 0) is 4.74 Å². The maximum Gasteiger partial charge on any atom is 0.295 e. The third-order valence-corrected chi connectivity index (χ3v) is 2.46. The predicted molar refractivity (Wildman–Crippen MR) is 73.8 cm³/mol. The maximum atomic E-state index is 12.9. The van der Waals surface area contributed by atoms with Gasteiger partial charge in [-0.05, 0) is 30.8 Å². The fraction of sp³-hybridized carbons (Fsp3) is 0.364. The van der Waals surface area contributed by atoms with Crippen molar-refractivity contribution >= 4 is 28.7 Å². The van der Waals surface area contributed by atoms with Crippen molar-refractivity contribution in [3.8, 4) is 0 Å². The first-order valence-corrected chi connectivity index (χ1v) is 5.93. The molecule has 1 aromatic rings. The molecule has 1 rings (SSSR count). The van der Waals surface area contributed by atoms with Gasteiger partial charge < -0.3 is 15.4 Å². The molecule has 0 aliphatic rings. The number of ether oxygens (including phenoxy) is 1. The molecular weight excluding hydrogens is 273 g/mol. The molecule has 0 unspecified atom stereocenters. The van der Waals surface area contributed by atoms with Gasteiger partial charge in [0.1, 0.15) is 11.5 Å². The van der Waals surface area contributed by atoms with Crippen LogP contribution >= 0.6 is 12.2 Å². The molecule has 0 aromatic heterocycles. The van der Waals surface area contributed by atoms with E-state index >= 15 is 0 Å². The summed E-state index contributed by atoms with van der Waals surface area (Å²) in [6, 6.07) is 3.25. The van der Waals surface area contributed by atoms with Crippen molar-refractivity contribution in [1.82, 2.24) is 5.32 Å². The molecule has 0 amide bonds. The molecule has 0 aliphatic carbocycles. The number of rotatable bonds is 6. The lowest BCUT2D eigenvalue weighted by Gasteiger charge is -2.10. The highest BCUT2D eigenvalue weighted by molar-refractivity contribution is 7.80. The van der Waals surface area contributed by atoms with Gasteiger partial charge in [-0.15, -0.1) is 0 Å². The Morgan fingerprint density at radius 2 is 2.32 bits per heavy atom. The van der Waals surface area contributed by atoms with Crippen molar-refractivity contribution < 1.29 is 14.1 Å². The minimum atomic E-state index is -0.670. The van der Waals surface area contributed by atoms with Crippen molar-refractivity contribution in [1.29, 1.82) is 0 Å². The lowest BCUT2D eigenvalue weighted by molar-refractivity contribution is -0.384. The Morgan fingerprint density at radius 1 is 1.58 bits per heavy atom. The fourth-order valence-corrected chi connectivity index (χ4v) is 1.56. The molecular formula is C11H14FN3O3S. The highest BCUT2D eigenvalue weighted by Gasteiger charge is 2.15. The Labute approximate surface area is 115 Å². The number of hydrogen-bond donors (Lipinski definition) is 2. The largest absolute Gasteiger partial charge is 0.385 e. The smallest absolute Gasteiger partial charge is 0.295 e. The van der Waals surface area contributed by atoms with Crippen molar-refractivity contribution in [2.75, 3.05) is 25.6 Å². The molecule has 0 fully saturated rings. The second-order valence-electron chi connectivity index (χ2n) is 3.65. The number of anilines is 1. The topological polar surface area (TPSA) is 76.4 Å². The van der Waals surface area contributed by atoms with E-state index in [-0.39, 0.29) is 16.5 Å². The molecule has 19 heavy (non-hydrogen) atoms. The second-order valence-corrected chi connectivity index (χ2v) is 4.05. The standard InChI is InChI=1S/C11H14FN3O3S/c1-18-6-2-5-13-11(19)14-9-4-3-8(12)7-10(9)15(16)17/h3-4,7H,2,5-6H2,1H3,(H2,13,14,19). The summed E-state index contributed by atoms with van der Waals surface area (Å²) in [6.07, 6.45) is 0.754. The second kappa shape index (κ2) is 7.59. The van der Waals surface area contributed by atoms with E-state index in [1.807, 2.05) is 0 Å². The molecule has 0 saturated carbocycles. The third kappa shape index (κ3) is 5.14. The first-order valence-electron chi connectivity index (χ1n) is 5.52. The zero-order valence-corrected chi connectivity index (χ0v) is 11.1. The van der Waals surface area contributed by atoms with Crippen LogP contribution in [0.25, 0.3) is 0 Å². The van der Waals surface area contributed by atoms with Gasteiger partial charge in [-0.3, -0.25) is 10.1 Å². The molecule has 0 bridgehead atoms. The molecule has 0 spiro atoms. The van der Waals surface area contributed by atoms with E-state index in [1.165, 1.54) is 6.07 Å². The maximum absolute atomic E-state index is 12.9. The van der Waals surface area contributed by atoms with Crippen LogP contribution < -0.4 is 10.6 Å². The summed E-state index contributed by atoms with van der Waals surface area (Å²) < 4.78 is 17.8. The number of thiocarbonyl (C=S) groups is 1. The Bertz CT molecular complexity index is 470. The van der Waals surface area contributed by atoms with Crippen LogP contribution in [0.3, 0.4) is 0 Å². The number of benzene rings is 1. The summed E-state index contributed by atoms with van der Waals surface area (Å²) >= 11 is 4.99. The van der Waals surface area contributed by atoms with Gasteiger partial charge in [0.2, 0.25) is 0 Å². The van der Waals surface area contributed by atoms with E-state index in [2.05, 4.69) is 10.6 Å². The first-order chi connectivity index (χ1) is 9.04. The number of halogens is 1. The van der Waals surface area contributed by atoms with Gasteiger partial charge in [0, 0.05) is 20.3 Å². The van der Waals surface area contributed by atoms with E-state index in [4.69, 9.17) is 17.0 Å². The highest BCUT2D eigenvalue weighted by Crippen LogP contribution is 2.24. The normalized spacial score (nSPS) is 10.0. The molecule has 0 radical (unpaired) electrons. The summed E-state index contributed by atoms with van der Waals surface area (Å²) in [5.41, 5.74) is -0.211. The molecule has 6 nitrogen and oxygen atoms in total. The summed E-state index contributed by atoms with van der Waals surface area (Å²) in [4.78, 5) is 10.1. The van der Waals surface area contributed by atoms with Gasteiger partial charge in [0.25, 0.3) is 5.69 Å². The molecule has 0 saturated heterocycles. The summed E-state index contributed by atoms with van der Waals surface area (Å²) in [6.45, 7) is 1.17. The number of methoxy groups -OCH3 is 1. The minimum absolute atomic E-state index is 0.149. The Morgan fingerprint density at radius 3 is 2.95 bits per heavy atom. The lowest BCUT2D eigenvalue weighted by Crippen LogP contribution is -2.30. The Balaban J connectivity index is 2.61. The van der Waals surface area contributed by atoms with Gasteiger partial charge in [-0.25, -0.2) is 4.39 Å². The summed E-state index contributed by atoms with van der Waals surface area (Å²) in [5, 5.41) is 16.6. The van der Waals surface area contributed by atoms with Crippen LogP contribution in [-0.4, -0.2) is 30.3 Å². The van der Waals surface area contributed by atoms with E-state index < -0.39 is 10.7 Å². The van der Waals surface area contributed by atoms with E-state index in [0.717, 1.165) is 18.6 Å². The van der Waals surface area contributed by atoms with Gasteiger partial charge in [-0.1, -0.05) is 0 Å². The van der Waals surface area contributed by atoms with Crippen molar-refractivity contribution in [3.05, 3.63) is 34.1 Å². The number of nitrogens with zero attached hydrogens (tertiary/aromatic N) is 1. The van der Waals surface area contributed by atoms with Gasteiger partial charge in [0.15, 0.2) is 5.11 Å². The van der Waals surface area contributed by atoms with Crippen LogP contribution in [0.4, 0.5) is 15.8 Å². The van der Waals surface area contributed by atoms with Crippen LogP contribution in [0.15, 0.2) is 18.2 Å². The van der Waals surface area contributed by atoms with Crippen molar-refractivity contribution in [2.24, 2.45) is 0 Å². The molecule has 2 N–H and O–H groups in total. The van der Waals surface area contributed by atoms with Gasteiger partial charge >= 0.3 is 0 Å². The van der Waals surface area contributed by atoms with Crippen LogP contribution in [0.5, 0.6) is 0 Å². The average molecular weight is 287 g/mol. The van der Waals surface area contributed by atoms with E-state index in [1.54, 1.807) is 7.11 Å². The minimum Gasteiger partial charge on any atom is -0.385 e. The van der Waals surface area contributed by atoms with Crippen LogP contribution in [0.1, 0.15) is 6.42 Å². The van der Waals surface area contributed by atoms with Gasteiger partial charge in [0.05, 0.1) is 11.0 Å². The zero-order valence-electron chi connectivity index (χ0n) is 10.3. The quantitative estimate of drug-likeness (QED) is 0.361. The Hall–Kier alpha value is -1.80. The molecule has 104 valence electrons. The fourth-order valence-electron chi connectivity index (χ4n) is 1.35. The predicted octanol–water partition coefficient (Wildman–Crippen LogP) is 2.06. The lowest BCUT2D eigenvalue weighted by atomic mass is 10.2. The third-order valence-electron chi connectivity index (χ3n) is 2.22. The molecule has 0 heterocycles. The molecule has 0 aliphatic heterocycles. The SMILES string of the molecule is COCCCNC(=S)Nc1ccc(F)cc1[N+](=O)[O-]. The average Bonchev–Trinajstić information content (AvgIpc) is 2.36. The van der Waals surface area contributed by atoms with E-state index in [9.17, 15) is 14.5 Å². The highest BCUT2D eigenvalue weighted by atomic mass is 32.1. The summed E-state index contributed by atoms with van der Waals surface area (Å²) in [7, 11) is 1.60. The number of nitro benzene ring substituents is 1. The number of nitrogens with one attached hydrogen (secondary N) is 2. The molecule has 1 aromatic carbocycles. The van der Waals surface area contributed by atoms with Crippen LogP contribution in [0, 0.1) is 15.9 Å². The number of hydrogen-bond acceptors (Lipinski definition) is 4. The van der Waals surface area contributed by atoms with Crippen molar-refractivity contribution in [2.45, 2.75) is 6.42 Å². The first kappa shape index (κ1) is 15.3. The molecule has 8 heteroatoms. The summed E-state index contributed by atoms with van der Waals surface area (Å²) in [5.74, 6) is -0.670. The van der Waals surface area contributed by atoms with Gasteiger partial charge in [-0.2, -0.15) is 0 Å². The van der Waals surface area contributed by atoms with Crippen molar-refractivity contribution in [3.63, 3.8) is 0 Å². The molecule has 0 atom stereocenters.